The van der Waals surface area contributed by atoms with Gasteiger partial charge in [-0.1, -0.05) is 23.7 Å². The van der Waals surface area contributed by atoms with Gasteiger partial charge in [0, 0.05) is 22.5 Å². The molecule has 28 heavy (non-hydrogen) atoms. The highest BCUT2D eigenvalue weighted by atomic mass is 35.5. The fourth-order valence-electron chi connectivity index (χ4n) is 3.70. The van der Waals surface area contributed by atoms with E-state index < -0.39 is 0 Å². The summed E-state index contributed by atoms with van der Waals surface area (Å²) in [6.45, 7) is 4.16. The van der Waals surface area contributed by atoms with Gasteiger partial charge in [0.25, 0.3) is 0 Å². The molecule has 2 aliphatic rings. The summed E-state index contributed by atoms with van der Waals surface area (Å²) in [5.74, 6) is 2.30. The molecule has 2 aliphatic heterocycles. The normalized spacial score (nSPS) is 18.3. The molecule has 6 heteroatoms. The minimum atomic E-state index is 0.0471. The Hall–Kier alpha value is -2.92. The summed E-state index contributed by atoms with van der Waals surface area (Å²) in [4.78, 5) is 4.84. The summed E-state index contributed by atoms with van der Waals surface area (Å²) >= 11 is 6.26. The Labute approximate surface area is 170 Å². The number of methoxy groups -OCH3 is 2. The first kappa shape index (κ1) is 18.4. The summed E-state index contributed by atoms with van der Waals surface area (Å²) in [6, 6.07) is 13.9. The molecule has 0 saturated heterocycles. The average molecular weight is 396 g/mol. The molecule has 0 N–H and O–H groups in total. The van der Waals surface area contributed by atoms with Crippen molar-refractivity contribution in [1.82, 2.24) is 5.01 Å². The first-order chi connectivity index (χ1) is 13.5. The van der Waals surface area contributed by atoms with Crippen LogP contribution in [0.25, 0.3) is 5.57 Å². The second-order valence-electron chi connectivity index (χ2n) is 6.72. The van der Waals surface area contributed by atoms with E-state index in [0.29, 0.717) is 16.5 Å². The zero-order valence-electron chi connectivity index (χ0n) is 16.3. The van der Waals surface area contributed by atoms with Gasteiger partial charge in [-0.25, -0.2) is 10.0 Å². The Morgan fingerprint density at radius 3 is 2.54 bits per heavy atom. The molecule has 0 bridgehead atoms. The van der Waals surface area contributed by atoms with Crippen LogP contribution in [-0.2, 0) is 0 Å². The van der Waals surface area contributed by atoms with Crippen LogP contribution in [0, 0.1) is 0 Å². The number of halogens is 1. The number of fused-ring (bicyclic) bond motifs is 1. The third-order valence-corrected chi connectivity index (χ3v) is 5.22. The van der Waals surface area contributed by atoms with Gasteiger partial charge in [-0.2, -0.15) is 0 Å². The number of hydrazine groups is 1. The summed E-state index contributed by atoms with van der Waals surface area (Å²) in [5.41, 5.74) is 4.13. The molecule has 1 atom stereocenters. The zero-order chi connectivity index (χ0) is 19.8. The van der Waals surface area contributed by atoms with E-state index >= 15 is 0 Å². The molecule has 2 aromatic carbocycles. The van der Waals surface area contributed by atoms with Crippen molar-refractivity contribution < 1.29 is 9.47 Å². The minimum Gasteiger partial charge on any atom is -0.493 e. The molecule has 0 amide bonds. The molecule has 144 valence electrons. The third kappa shape index (κ3) is 3.02. The van der Waals surface area contributed by atoms with Crippen molar-refractivity contribution >= 4 is 28.6 Å². The molecule has 2 aromatic rings. The molecule has 2 heterocycles. The maximum absolute atomic E-state index is 6.26. The van der Waals surface area contributed by atoms with E-state index in [9.17, 15) is 0 Å². The van der Waals surface area contributed by atoms with Crippen molar-refractivity contribution in [3.05, 3.63) is 71.1 Å². The van der Waals surface area contributed by atoms with Crippen LogP contribution in [0.3, 0.4) is 0 Å². The number of rotatable bonds is 4. The Kier molecular flexibility index (Phi) is 4.77. The first-order valence-corrected chi connectivity index (χ1v) is 9.45. The lowest BCUT2D eigenvalue weighted by molar-refractivity contribution is 0.355. The molecule has 1 unspecified atom stereocenters. The average Bonchev–Trinajstić information content (AvgIpc) is 2.98. The van der Waals surface area contributed by atoms with Crippen LogP contribution in [0.1, 0.15) is 19.4 Å². The number of ether oxygens (including phenoxy) is 2. The Morgan fingerprint density at radius 2 is 1.82 bits per heavy atom. The Morgan fingerprint density at radius 1 is 1.04 bits per heavy atom. The van der Waals surface area contributed by atoms with E-state index in [1.54, 1.807) is 14.2 Å². The molecular weight excluding hydrogens is 374 g/mol. The smallest absolute Gasteiger partial charge is 0.161 e. The van der Waals surface area contributed by atoms with Gasteiger partial charge in [-0.15, -0.1) is 0 Å². The van der Waals surface area contributed by atoms with Gasteiger partial charge in [-0.3, -0.25) is 5.01 Å². The van der Waals surface area contributed by atoms with Gasteiger partial charge < -0.3 is 9.47 Å². The molecule has 0 radical (unpaired) electrons. The summed E-state index contributed by atoms with van der Waals surface area (Å²) in [6.07, 6.45) is 4.05. The van der Waals surface area contributed by atoms with Crippen LogP contribution in [-0.4, -0.2) is 31.0 Å². The van der Waals surface area contributed by atoms with E-state index in [2.05, 4.69) is 23.0 Å². The van der Waals surface area contributed by atoms with Gasteiger partial charge in [0.15, 0.2) is 17.3 Å². The summed E-state index contributed by atoms with van der Waals surface area (Å²) < 4.78 is 10.9. The fourth-order valence-corrected chi connectivity index (χ4v) is 3.88. The highest BCUT2D eigenvalue weighted by Crippen LogP contribution is 2.43. The number of hydrogen-bond donors (Lipinski definition) is 0. The maximum Gasteiger partial charge on any atom is 0.161 e. The van der Waals surface area contributed by atoms with Crippen molar-refractivity contribution in [1.29, 1.82) is 0 Å². The number of nitrogens with zero attached hydrogens (tertiary/aromatic N) is 3. The molecule has 0 aliphatic carbocycles. The molecule has 0 fully saturated rings. The van der Waals surface area contributed by atoms with Gasteiger partial charge in [-0.05, 0) is 55.8 Å². The standard InChI is InChI=1S/C22H22ClN3O2/c1-14-10-11-25-22(24-14)21(16-8-9-19(27-3)20(12-16)28-4)15(2)26(25)18-7-5-6-17(23)13-18/h5-13,15H,1-4H3. The lowest BCUT2D eigenvalue weighted by Crippen LogP contribution is -2.39. The van der Waals surface area contributed by atoms with Gasteiger partial charge in [0.2, 0.25) is 0 Å². The summed E-state index contributed by atoms with van der Waals surface area (Å²) in [5, 5.41) is 4.97. The van der Waals surface area contributed by atoms with Crippen molar-refractivity contribution in [2.45, 2.75) is 19.9 Å². The largest absolute Gasteiger partial charge is 0.493 e. The molecule has 0 spiro atoms. The molecule has 4 rings (SSSR count). The Bertz CT molecular complexity index is 1010. The highest BCUT2D eigenvalue weighted by molar-refractivity contribution is 6.30. The number of allylic oxidation sites excluding steroid dienone is 1. The molecule has 0 aromatic heterocycles. The van der Waals surface area contributed by atoms with Gasteiger partial charge >= 0.3 is 0 Å². The van der Waals surface area contributed by atoms with E-state index in [0.717, 1.165) is 28.4 Å². The van der Waals surface area contributed by atoms with Gasteiger partial charge in [0.05, 0.1) is 25.9 Å². The SMILES string of the molecule is COc1ccc(C2=C3N=C(C)C=CN3N(c3cccc(Cl)c3)C2C)cc1OC. The second-order valence-corrected chi connectivity index (χ2v) is 7.16. The lowest BCUT2D eigenvalue weighted by Gasteiger charge is -2.34. The number of hydrogen-bond acceptors (Lipinski definition) is 5. The number of anilines is 1. The van der Waals surface area contributed by atoms with Crippen molar-refractivity contribution in [3.63, 3.8) is 0 Å². The summed E-state index contributed by atoms with van der Waals surface area (Å²) in [7, 11) is 3.29. The number of aliphatic imine (C=N–C) groups is 1. The first-order valence-electron chi connectivity index (χ1n) is 9.07. The number of benzene rings is 2. The fraction of sp³-hybridized carbons (Fsp3) is 0.227. The predicted molar refractivity (Wildman–Crippen MR) is 114 cm³/mol. The highest BCUT2D eigenvalue weighted by Gasteiger charge is 2.37. The van der Waals surface area contributed by atoms with Crippen LogP contribution < -0.4 is 14.5 Å². The van der Waals surface area contributed by atoms with E-state index in [-0.39, 0.29) is 6.04 Å². The molecular formula is C22H22ClN3O2. The van der Waals surface area contributed by atoms with Crippen molar-refractivity contribution in [3.8, 4) is 11.5 Å². The third-order valence-electron chi connectivity index (χ3n) is 4.98. The van der Waals surface area contributed by atoms with Crippen molar-refractivity contribution in [2.75, 3.05) is 19.2 Å². The topological polar surface area (TPSA) is 37.3 Å². The molecule has 0 saturated carbocycles. The van der Waals surface area contributed by atoms with Crippen LogP contribution in [0.2, 0.25) is 5.02 Å². The quantitative estimate of drug-likeness (QED) is 0.718. The van der Waals surface area contributed by atoms with Crippen LogP contribution in [0.4, 0.5) is 5.69 Å². The Balaban J connectivity index is 1.86. The van der Waals surface area contributed by atoms with E-state index in [1.807, 2.05) is 55.6 Å². The van der Waals surface area contributed by atoms with Crippen LogP contribution >= 0.6 is 11.6 Å². The zero-order valence-corrected chi connectivity index (χ0v) is 17.1. The second kappa shape index (κ2) is 7.24. The van der Waals surface area contributed by atoms with Crippen LogP contribution in [0.5, 0.6) is 11.5 Å². The lowest BCUT2D eigenvalue weighted by atomic mass is 9.99. The van der Waals surface area contributed by atoms with Gasteiger partial charge in [0.1, 0.15) is 0 Å². The van der Waals surface area contributed by atoms with E-state index in [1.165, 1.54) is 0 Å². The van der Waals surface area contributed by atoms with Crippen LogP contribution in [0.15, 0.2) is 65.6 Å². The monoisotopic (exact) mass is 395 g/mol. The molecule has 5 nitrogen and oxygen atoms in total. The predicted octanol–water partition coefficient (Wildman–Crippen LogP) is 5.14. The maximum atomic E-state index is 6.26. The van der Waals surface area contributed by atoms with E-state index in [4.69, 9.17) is 26.1 Å². The minimum absolute atomic E-state index is 0.0471. The van der Waals surface area contributed by atoms with Crippen molar-refractivity contribution in [2.24, 2.45) is 4.99 Å².